The predicted octanol–water partition coefficient (Wildman–Crippen LogP) is 4.44. The molecule has 6 heteroatoms. The molecule has 5 nitrogen and oxygen atoms in total. The van der Waals surface area contributed by atoms with Crippen molar-refractivity contribution >= 4 is 28.6 Å². The summed E-state index contributed by atoms with van der Waals surface area (Å²) in [6.07, 6.45) is 6.93. The van der Waals surface area contributed by atoms with Crippen LogP contribution >= 0.6 is 11.6 Å². The van der Waals surface area contributed by atoms with E-state index >= 15 is 0 Å². The molecule has 2 aromatic heterocycles. The average Bonchev–Trinajstić information content (AvgIpc) is 3.14. The van der Waals surface area contributed by atoms with Gasteiger partial charge in [-0.3, -0.25) is 5.10 Å². The van der Waals surface area contributed by atoms with Crippen molar-refractivity contribution in [1.82, 2.24) is 20.2 Å². The highest BCUT2D eigenvalue weighted by atomic mass is 35.5. The van der Waals surface area contributed by atoms with Crippen molar-refractivity contribution < 1.29 is 0 Å². The fourth-order valence-electron chi connectivity index (χ4n) is 4.59. The van der Waals surface area contributed by atoms with Crippen molar-refractivity contribution in [3.05, 3.63) is 35.5 Å². The number of hydrogen-bond donors (Lipinski definition) is 1. The molecule has 2 aliphatic heterocycles. The Labute approximate surface area is 151 Å². The van der Waals surface area contributed by atoms with E-state index in [0.29, 0.717) is 22.8 Å². The van der Waals surface area contributed by atoms with Gasteiger partial charge in [-0.1, -0.05) is 36.7 Å². The molecule has 5 rings (SSSR count). The first-order valence-electron chi connectivity index (χ1n) is 8.95. The zero-order valence-corrected chi connectivity index (χ0v) is 14.9. The lowest BCUT2D eigenvalue weighted by atomic mass is 9.92. The second-order valence-electron chi connectivity index (χ2n) is 7.35. The third-order valence-electron chi connectivity index (χ3n) is 5.63. The minimum absolute atomic E-state index is 0.600. The first-order chi connectivity index (χ1) is 12.2. The first kappa shape index (κ1) is 15.1. The summed E-state index contributed by atoms with van der Waals surface area (Å²) in [7, 11) is 0. The van der Waals surface area contributed by atoms with Gasteiger partial charge < -0.3 is 4.90 Å². The molecular weight excluding hydrogens is 334 g/mol. The van der Waals surface area contributed by atoms with Crippen molar-refractivity contribution in [1.29, 1.82) is 0 Å². The Morgan fingerprint density at radius 3 is 2.68 bits per heavy atom. The molecular formula is C19H20ClN5. The topological polar surface area (TPSA) is 57.7 Å². The van der Waals surface area contributed by atoms with Gasteiger partial charge in [-0.25, -0.2) is 9.97 Å². The predicted molar refractivity (Wildman–Crippen MR) is 99.8 cm³/mol. The number of H-pyrrole nitrogens is 1. The van der Waals surface area contributed by atoms with Crippen LogP contribution < -0.4 is 4.90 Å². The zero-order valence-electron chi connectivity index (χ0n) is 14.1. The summed E-state index contributed by atoms with van der Waals surface area (Å²) in [4.78, 5) is 12.0. The lowest BCUT2D eigenvalue weighted by molar-refractivity contribution is 0.361. The van der Waals surface area contributed by atoms with E-state index < -0.39 is 0 Å². The molecule has 0 saturated carbocycles. The molecule has 128 valence electrons. The van der Waals surface area contributed by atoms with Crippen LogP contribution in [0.3, 0.4) is 0 Å². The number of anilines is 1. The van der Waals surface area contributed by atoms with Gasteiger partial charge >= 0.3 is 0 Å². The van der Waals surface area contributed by atoms with E-state index in [0.717, 1.165) is 28.5 Å². The van der Waals surface area contributed by atoms with E-state index in [4.69, 9.17) is 21.6 Å². The smallest absolute Gasteiger partial charge is 0.202 e. The molecule has 2 unspecified atom stereocenters. The summed E-state index contributed by atoms with van der Waals surface area (Å²) in [6.45, 7) is 2.36. The van der Waals surface area contributed by atoms with Gasteiger partial charge in [0.05, 0.1) is 16.9 Å². The van der Waals surface area contributed by atoms with E-state index in [1.165, 1.54) is 25.7 Å². The molecule has 2 aliphatic rings. The Morgan fingerprint density at radius 1 is 1.16 bits per heavy atom. The molecule has 2 atom stereocenters. The first-order valence-corrected chi connectivity index (χ1v) is 9.33. The lowest BCUT2D eigenvalue weighted by Gasteiger charge is -2.38. The van der Waals surface area contributed by atoms with Gasteiger partial charge in [0.15, 0.2) is 0 Å². The van der Waals surface area contributed by atoms with E-state index in [1.54, 1.807) is 0 Å². The molecule has 0 aliphatic carbocycles. The molecule has 1 aromatic carbocycles. The second kappa shape index (κ2) is 5.70. The van der Waals surface area contributed by atoms with Gasteiger partial charge in [0, 0.05) is 17.6 Å². The average molecular weight is 354 g/mol. The third-order valence-corrected chi connectivity index (χ3v) is 5.96. The minimum atomic E-state index is 0.600. The Morgan fingerprint density at radius 2 is 1.92 bits per heavy atom. The number of rotatable bonds is 2. The third kappa shape index (κ3) is 2.41. The minimum Gasteiger partial charge on any atom is -0.349 e. The van der Waals surface area contributed by atoms with Crippen LogP contribution in [0.2, 0.25) is 5.02 Å². The van der Waals surface area contributed by atoms with Gasteiger partial charge in [-0.05, 0) is 37.7 Å². The number of hydrogen-bond acceptors (Lipinski definition) is 4. The summed E-state index contributed by atoms with van der Waals surface area (Å²) in [6, 6.07) is 8.92. The largest absolute Gasteiger partial charge is 0.349 e. The Balaban J connectivity index is 1.55. The lowest BCUT2D eigenvalue weighted by Crippen LogP contribution is -2.42. The summed E-state index contributed by atoms with van der Waals surface area (Å²) >= 11 is 6.33. The van der Waals surface area contributed by atoms with Crippen molar-refractivity contribution in [2.75, 3.05) is 4.90 Å². The number of benzene rings is 1. The Hall–Kier alpha value is -2.14. The maximum absolute atomic E-state index is 6.33. The van der Waals surface area contributed by atoms with Gasteiger partial charge in [0.1, 0.15) is 11.3 Å². The normalized spacial score (nSPS) is 25.7. The van der Waals surface area contributed by atoms with Crippen LogP contribution in [0.15, 0.2) is 30.5 Å². The van der Waals surface area contributed by atoms with Crippen LogP contribution in [0.25, 0.3) is 22.4 Å². The van der Waals surface area contributed by atoms with E-state index in [-0.39, 0.29) is 0 Å². The molecule has 2 bridgehead atoms. The second-order valence-corrected chi connectivity index (χ2v) is 7.75. The summed E-state index contributed by atoms with van der Waals surface area (Å²) in [5.41, 5.74) is 3.16. The number of aromatic amines is 1. The monoisotopic (exact) mass is 353 g/mol. The molecule has 4 heterocycles. The Bertz CT molecular complexity index is 922. The number of piperidine rings is 1. The SMILES string of the molecule is CC1CC2CCC(C1)N2c1cnc2c(-c3ccccc3Cl)[nH]nc2n1. The van der Waals surface area contributed by atoms with E-state index in [2.05, 4.69) is 22.0 Å². The number of fused-ring (bicyclic) bond motifs is 3. The summed E-state index contributed by atoms with van der Waals surface area (Å²) in [5, 5.41) is 8.14. The van der Waals surface area contributed by atoms with Crippen LogP contribution in [0.1, 0.15) is 32.6 Å². The fourth-order valence-corrected chi connectivity index (χ4v) is 4.82. The number of aromatic nitrogens is 4. The van der Waals surface area contributed by atoms with Crippen molar-refractivity contribution in [3.63, 3.8) is 0 Å². The van der Waals surface area contributed by atoms with Crippen LogP contribution in [0, 0.1) is 5.92 Å². The van der Waals surface area contributed by atoms with Crippen molar-refractivity contribution in [2.24, 2.45) is 5.92 Å². The molecule has 25 heavy (non-hydrogen) atoms. The highest BCUT2D eigenvalue weighted by molar-refractivity contribution is 6.33. The maximum Gasteiger partial charge on any atom is 0.202 e. The van der Waals surface area contributed by atoms with E-state index in [1.807, 2.05) is 30.5 Å². The molecule has 3 aromatic rings. The van der Waals surface area contributed by atoms with Crippen molar-refractivity contribution in [3.8, 4) is 11.3 Å². The highest BCUT2D eigenvalue weighted by Gasteiger charge is 2.40. The fraction of sp³-hybridized carbons (Fsp3) is 0.421. The van der Waals surface area contributed by atoms with Crippen LogP contribution in [-0.2, 0) is 0 Å². The summed E-state index contributed by atoms with van der Waals surface area (Å²) < 4.78 is 0. The van der Waals surface area contributed by atoms with Gasteiger partial charge in [-0.15, -0.1) is 0 Å². The molecule has 1 N–H and O–H groups in total. The van der Waals surface area contributed by atoms with Crippen LogP contribution in [0.5, 0.6) is 0 Å². The van der Waals surface area contributed by atoms with E-state index in [9.17, 15) is 0 Å². The maximum atomic E-state index is 6.33. The molecule has 0 radical (unpaired) electrons. The number of nitrogens with one attached hydrogen (secondary N) is 1. The standard InChI is InChI=1S/C19H20ClN5/c1-11-8-12-6-7-13(9-11)25(12)16-10-21-18-17(23-24-19(18)22-16)14-4-2-3-5-15(14)20/h2-5,10-13H,6-9H2,1H3,(H,22,23,24). The molecule has 2 saturated heterocycles. The van der Waals surface area contributed by atoms with Crippen LogP contribution in [-0.4, -0.2) is 32.2 Å². The number of halogens is 1. The quantitative estimate of drug-likeness (QED) is 0.739. The van der Waals surface area contributed by atoms with Crippen molar-refractivity contribution in [2.45, 2.75) is 44.7 Å². The van der Waals surface area contributed by atoms with Gasteiger partial charge in [0.2, 0.25) is 5.65 Å². The van der Waals surface area contributed by atoms with Gasteiger partial charge in [0.25, 0.3) is 0 Å². The molecule has 0 amide bonds. The molecule has 0 spiro atoms. The van der Waals surface area contributed by atoms with Gasteiger partial charge in [-0.2, -0.15) is 5.10 Å². The zero-order chi connectivity index (χ0) is 17.0. The highest BCUT2D eigenvalue weighted by Crippen LogP contribution is 2.41. The molecule has 2 fully saturated rings. The summed E-state index contributed by atoms with van der Waals surface area (Å²) in [5.74, 6) is 1.77. The number of nitrogens with zero attached hydrogens (tertiary/aromatic N) is 4. The Kier molecular flexibility index (Phi) is 3.45. The van der Waals surface area contributed by atoms with Crippen LogP contribution in [0.4, 0.5) is 5.82 Å².